The Morgan fingerprint density at radius 1 is 1.09 bits per heavy atom. The number of carbonyl (C=O) groups is 2. The number of benzene rings is 1. The maximum Gasteiger partial charge on any atom is 0.315 e. The van der Waals surface area contributed by atoms with E-state index in [1.807, 2.05) is 58.0 Å². The first-order valence-corrected chi connectivity index (χ1v) is 12.0. The summed E-state index contributed by atoms with van der Waals surface area (Å²) < 4.78 is 22.4. The van der Waals surface area contributed by atoms with Gasteiger partial charge in [0, 0.05) is 23.4 Å². The van der Waals surface area contributed by atoms with Crippen molar-refractivity contribution < 1.29 is 28.2 Å². The van der Waals surface area contributed by atoms with E-state index in [9.17, 15) is 9.59 Å². The van der Waals surface area contributed by atoms with E-state index in [1.165, 1.54) is 0 Å². The molecule has 0 bridgehead atoms. The van der Waals surface area contributed by atoms with E-state index in [0.717, 1.165) is 11.3 Å². The van der Waals surface area contributed by atoms with Gasteiger partial charge < -0.3 is 18.6 Å². The largest absolute Gasteiger partial charge is 0.493 e. The number of rotatable bonds is 7. The first-order chi connectivity index (χ1) is 16.7. The number of hydrogen-bond acceptors (Lipinski definition) is 7. The molecule has 0 fully saturated rings. The number of hydrogen-bond donors (Lipinski definition) is 0. The summed E-state index contributed by atoms with van der Waals surface area (Å²) in [7, 11) is 3.19. The molecule has 4 rings (SSSR count). The zero-order valence-electron chi connectivity index (χ0n) is 21.2. The Balaban J connectivity index is 1.73. The van der Waals surface area contributed by atoms with Crippen LogP contribution in [-0.4, -0.2) is 38.3 Å². The molecule has 1 aromatic heterocycles. The van der Waals surface area contributed by atoms with Crippen molar-refractivity contribution in [2.45, 2.75) is 52.4 Å². The molecule has 0 saturated heterocycles. The molecule has 3 atom stereocenters. The Bertz CT molecular complexity index is 1190. The number of Topliss-reactive ketones (excluding diaryl/α,β-unsaturated/α-hetero) is 1. The van der Waals surface area contributed by atoms with E-state index in [2.05, 4.69) is 0 Å². The standard InChI is InChI=1S/C28H33NO6/c1-15(2)14-34-28(31)25-17(4)29-20-11-19(18-8-10-22(32-5)24(13-18)33-6)12-21(30)26(20)27(25)23-9-7-16(3)35-23/h7-10,13,15,19,25,27H,11-12,14H2,1-6H3. The summed E-state index contributed by atoms with van der Waals surface area (Å²) in [6.07, 6.45) is 0.894. The van der Waals surface area contributed by atoms with Crippen LogP contribution in [-0.2, 0) is 14.3 Å². The molecule has 3 unspecified atom stereocenters. The third-order valence-corrected chi connectivity index (χ3v) is 6.65. The first-order valence-electron chi connectivity index (χ1n) is 12.0. The molecule has 7 nitrogen and oxygen atoms in total. The highest BCUT2D eigenvalue weighted by molar-refractivity contribution is 6.09. The van der Waals surface area contributed by atoms with Crippen molar-refractivity contribution in [3.8, 4) is 11.5 Å². The van der Waals surface area contributed by atoms with Gasteiger partial charge in [-0.05, 0) is 61.9 Å². The van der Waals surface area contributed by atoms with Gasteiger partial charge in [-0.1, -0.05) is 19.9 Å². The zero-order valence-corrected chi connectivity index (χ0v) is 21.2. The van der Waals surface area contributed by atoms with Crippen LogP contribution in [0.25, 0.3) is 0 Å². The molecular weight excluding hydrogens is 446 g/mol. The number of furan rings is 1. The minimum Gasteiger partial charge on any atom is -0.493 e. The van der Waals surface area contributed by atoms with Crippen molar-refractivity contribution in [1.82, 2.24) is 0 Å². The number of aryl methyl sites for hydroxylation is 1. The number of carbonyl (C=O) groups excluding carboxylic acids is 2. The van der Waals surface area contributed by atoms with Crippen LogP contribution < -0.4 is 9.47 Å². The van der Waals surface area contributed by atoms with E-state index >= 15 is 0 Å². The number of methoxy groups -OCH3 is 2. The van der Waals surface area contributed by atoms with Gasteiger partial charge in [-0.3, -0.25) is 14.6 Å². The van der Waals surface area contributed by atoms with Crippen molar-refractivity contribution in [2.24, 2.45) is 16.8 Å². The molecule has 35 heavy (non-hydrogen) atoms. The fourth-order valence-corrected chi connectivity index (χ4v) is 4.97. The molecule has 2 aliphatic rings. The van der Waals surface area contributed by atoms with Gasteiger partial charge in [0.1, 0.15) is 17.4 Å². The lowest BCUT2D eigenvalue weighted by Gasteiger charge is -2.35. The zero-order chi connectivity index (χ0) is 25.3. The molecule has 7 heteroatoms. The van der Waals surface area contributed by atoms with Crippen LogP contribution in [0.2, 0.25) is 0 Å². The maximum absolute atomic E-state index is 13.6. The Morgan fingerprint density at radius 3 is 2.46 bits per heavy atom. The van der Waals surface area contributed by atoms with Crippen molar-refractivity contribution in [1.29, 1.82) is 0 Å². The van der Waals surface area contributed by atoms with Crippen molar-refractivity contribution in [3.05, 3.63) is 58.7 Å². The summed E-state index contributed by atoms with van der Waals surface area (Å²) in [5.74, 6) is 1.09. The fourth-order valence-electron chi connectivity index (χ4n) is 4.97. The lowest BCUT2D eigenvalue weighted by Crippen LogP contribution is -2.38. The lowest BCUT2D eigenvalue weighted by atomic mass is 9.70. The monoisotopic (exact) mass is 479 g/mol. The molecule has 0 saturated carbocycles. The number of ketones is 1. The van der Waals surface area contributed by atoms with E-state index in [0.29, 0.717) is 53.7 Å². The minimum atomic E-state index is -0.695. The quantitative estimate of drug-likeness (QED) is 0.496. The summed E-state index contributed by atoms with van der Waals surface area (Å²) in [6.45, 7) is 7.97. The van der Waals surface area contributed by atoms with Crippen LogP contribution >= 0.6 is 0 Å². The molecule has 1 aromatic carbocycles. The van der Waals surface area contributed by atoms with Gasteiger partial charge in [-0.15, -0.1) is 0 Å². The summed E-state index contributed by atoms with van der Waals surface area (Å²) in [4.78, 5) is 31.6. The van der Waals surface area contributed by atoms with Crippen molar-refractivity contribution in [2.75, 3.05) is 20.8 Å². The van der Waals surface area contributed by atoms with Crippen LogP contribution in [0.15, 0.2) is 51.0 Å². The Morgan fingerprint density at radius 2 is 1.83 bits per heavy atom. The van der Waals surface area contributed by atoms with E-state index in [4.69, 9.17) is 23.6 Å². The van der Waals surface area contributed by atoms with Gasteiger partial charge in [0.25, 0.3) is 0 Å². The van der Waals surface area contributed by atoms with Crippen LogP contribution in [0.3, 0.4) is 0 Å². The first kappa shape index (κ1) is 24.8. The van der Waals surface area contributed by atoms with Gasteiger partial charge in [-0.2, -0.15) is 0 Å². The van der Waals surface area contributed by atoms with Gasteiger partial charge in [0.05, 0.1) is 26.7 Å². The van der Waals surface area contributed by atoms with E-state index < -0.39 is 11.8 Å². The molecule has 2 aromatic rings. The molecule has 186 valence electrons. The van der Waals surface area contributed by atoms with Crippen molar-refractivity contribution in [3.63, 3.8) is 0 Å². The summed E-state index contributed by atoms with van der Waals surface area (Å²) in [5, 5.41) is 0. The Labute approximate surface area is 206 Å². The van der Waals surface area contributed by atoms with Crippen LogP contribution in [0.4, 0.5) is 0 Å². The summed E-state index contributed by atoms with van der Waals surface area (Å²) >= 11 is 0. The average molecular weight is 480 g/mol. The predicted molar refractivity (Wildman–Crippen MR) is 132 cm³/mol. The number of ether oxygens (including phenoxy) is 3. The van der Waals surface area contributed by atoms with Gasteiger partial charge in [0.15, 0.2) is 17.3 Å². The lowest BCUT2D eigenvalue weighted by molar-refractivity contribution is -0.147. The average Bonchev–Trinajstić information content (AvgIpc) is 3.26. The number of esters is 1. The molecule has 0 amide bonds. The Hall–Kier alpha value is -3.35. The van der Waals surface area contributed by atoms with Gasteiger partial charge >= 0.3 is 5.97 Å². The van der Waals surface area contributed by atoms with Crippen LogP contribution in [0.5, 0.6) is 11.5 Å². The normalized spacial score (nSPS) is 22.1. The van der Waals surface area contributed by atoms with Gasteiger partial charge in [-0.25, -0.2) is 0 Å². The number of nitrogens with zero attached hydrogens (tertiary/aromatic N) is 1. The molecule has 1 aliphatic heterocycles. The number of aliphatic imine (C=N–C) groups is 1. The second-order valence-electron chi connectivity index (χ2n) is 9.68. The SMILES string of the molecule is COc1ccc(C2CC(=O)C3=C(C2)N=C(C)C(C(=O)OCC(C)C)C3c2ccc(C)o2)cc1OC. The maximum atomic E-state index is 13.6. The topological polar surface area (TPSA) is 87.3 Å². The third kappa shape index (κ3) is 4.90. The smallest absolute Gasteiger partial charge is 0.315 e. The highest BCUT2D eigenvalue weighted by Gasteiger charge is 2.46. The predicted octanol–water partition coefficient (Wildman–Crippen LogP) is 5.38. The third-order valence-electron chi connectivity index (χ3n) is 6.65. The molecule has 1 aliphatic carbocycles. The Kier molecular flexibility index (Phi) is 7.15. The highest BCUT2D eigenvalue weighted by Crippen LogP contribution is 2.47. The summed E-state index contributed by atoms with van der Waals surface area (Å²) in [5.41, 5.74) is 2.90. The number of allylic oxidation sites excluding steroid dienone is 2. The fraction of sp³-hybridized carbons (Fsp3) is 0.464. The summed E-state index contributed by atoms with van der Waals surface area (Å²) in [6, 6.07) is 9.44. The van der Waals surface area contributed by atoms with E-state index in [1.54, 1.807) is 14.2 Å². The second kappa shape index (κ2) is 10.1. The van der Waals surface area contributed by atoms with Crippen LogP contribution in [0, 0.1) is 18.8 Å². The van der Waals surface area contributed by atoms with Gasteiger partial charge in [0.2, 0.25) is 0 Å². The molecule has 2 heterocycles. The second-order valence-corrected chi connectivity index (χ2v) is 9.68. The molecule has 0 spiro atoms. The van der Waals surface area contributed by atoms with Crippen molar-refractivity contribution >= 4 is 17.5 Å². The molecule has 0 N–H and O–H groups in total. The minimum absolute atomic E-state index is 0.0250. The van der Waals surface area contributed by atoms with Crippen LogP contribution in [0.1, 0.15) is 62.5 Å². The molecule has 0 radical (unpaired) electrons. The van der Waals surface area contributed by atoms with E-state index in [-0.39, 0.29) is 23.6 Å². The molecular formula is C28H33NO6. The highest BCUT2D eigenvalue weighted by atomic mass is 16.5.